The Morgan fingerprint density at radius 1 is 1.13 bits per heavy atom. The van der Waals surface area contributed by atoms with E-state index in [9.17, 15) is 10.1 Å². The molecular formula is C23H18ClN3O3. The number of rotatable bonds is 4. The summed E-state index contributed by atoms with van der Waals surface area (Å²) in [6.07, 6.45) is 1.59. The molecule has 1 N–H and O–H groups in total. The van der Waals surface area contributed by atoms with E-state index in [-0.39, 0.29) is 12.4 Å². The number of nitrogens with one attached hydrogen (secondary N) is 1. The summed E-state index contributed by atoms with van der Waals surface area (Å²) in [6.45, 7) is 4.12. The predicted octanol–water partition coefficient (Wildman–Crippen LogP) is 5.02. The van der Waals surface area contributed by atoms with Crippen LogP contribution in [0.1, 0.15) is 17.0 Å². The third kappa shape index (κ3) is 3.76. The normalized spacial score (nSPS) is 12.5. The third-order valence-corrected chi connectivity index (χ3v) is 5.10. The maximum absolute atomic E-state index is 12.6. The number of ether oxygens (including phenoxy) is 2. The highest BCUT2D eigenvalue weighted by atomic mass is 35.5. The van der Waals surface area contributed by atoms with Crippen molar-refractivity contribution in [1.29, 1.82) is 5.26 Å². The average Bonchev–Trinajstić information content (AvgIpc) is 3.31. The molecule has 0 saturated carbocycles. The fraction of sp³-hybridized carbons (Fsp3) is 0.130. The third-order valence-electron chi connectivity index (χ3n) is 4.85. The molecule has 0 radical (unpaired) electrons. The molecular weight excluding hydrogens is 402 g/mol. The summed E-state index contributed by atoms with van der Waals surface area (Å²) in [7, 11) is 0. The molecule has 2 heterocycles. The van der Waals surface area contributed by atoms with Crippen LogP contribution < -0.4 is 14.8 Å². The molecule has 0 bridgehead atoms. The van der Waals surface area contributed by atoms with E-state index in [0.29, 0.717) is 22.2 Å². The van der Waals surface area contributed by atoms with Crippen LogP contribution in [0.5, 0.6) is 11.5 Å². The number of hydrogen-bond acceptors (Lipinski definition) is 4. The van der Waals surface area contributed by atoms with Gasteiger partial charge in [0.25, 0.3) is 5.91 Å². The van der Waals surface area contributed by atoms with Gasteiger partial charge < -0.3 is 19.4 Å². The summed E-state index contributed by atoms with van der Waals surface area (Å²) in [4.78, 5) is 12.6. The number of halogens is 1. The SMILES string of the molecule is Cc1cc(/C=C(/C#N)C(=O)Nc2ccc(Cl)cc2)c(C)n1-c1ccc2c(c1)OCO2. The highest BCUT2D eigenvalue weighted by Gasteiger charge is 2.17. The minimum Gasteiger partial charge on any atom is -0.454 e. The summed E-state index contributed by atoms with van der Waals surface area (Å²) >= 11 is 5.87. The van der Waals surface area contributed by atoms with Crippen LogP contribution in [0, 0.1) is 25.2 Å². The van der Waals surface area contributed by atoms with E-state index in [4.69, 9.17) is 21.1 Å². The lowest BCUT2D eigenvalue weighted by Gasteiger charge is -2.10. The van der Waals surface area contributed by atoms with Crippen molar-refractivity contribution in [3.05, 3.63) is 76.1 Å². The van der Waals surface area contributed by atoms with E-state index >= 15 is 0 Å². The molecule has 30 heavy (non-hydrogen) atoms. The number of aromatic nitrogens is 1. The zero-order valence-corrected chi connectivity index (χ0v) is 17.2. The van der Waals surface area contributed by atoms with Crippen molar-refractivity contribution >= 4 is 29.3 Å². The molecule has 7 heteroatoms. The Morgan fingerprint density at radius 3 is 2.60 bits per heavy atom. The van der Waals surface area contributed by atoms with Crippen LogP contribution in [0.25, 0.3) is 11.8 Å². The Hall–Kier alpha value is -3.69. The first kappa shape index (κ1) is 19.6. The number of anilines is 1. The molecule has 0 saturated heterocycles. The summed E-state index contributed by atoms with van der Waals surface area (Å²) in [6, 6.07) is 16.4. The van der Waals surface area contributed by atoms with Gasteiger partial charge in [-0.05, 0) is 68.0 Å². The van der Waals surface area contributed by atoms with Crippen molar-refractivity contribution in [3.63, 3.8) is 0 Å². The maximum atomic E-state index is 12.6. The standard InChI is InChI=1S/C23H18ClN3O3/c1-14-9-16(10-17(12-25)23(28)26-19-5-3-18(24)4-6-19)15(2)27(14)20-7-8-21-22(11-20)30-13-29-21/h3-11H,13H2,1-2H3,(H,26,28)/b17-10-. The number of amides is 1. The Labute approximate surface area is 178 Å². The summed E-state index contributed by atoms with van der Waals surface area (Å²) < 4.78 is 12.9. The minimum absolute atomic E-state index is 0.0101. The molecule has 6 nitrogen and oxygen atoms in total. The summed E-state index contributed by atoms with van der Waals surface area (Å²) in [5, 5.41) is 12.8. The first-order valence-corrected chi connectivity index (χ1v) is 9.62. The van der Waals surface area contributed by atoms with Gasteiger partial charge in [0, 0.05) is 33.9 Å². The van der Waals surface area contributed by atoms with Gasteiger partial charge >= 0.3 is 0 Å². The number of carbonyl (C=O) groups excluding carboxylic acids is 1. The molecule has 0 spiro atoms. The Kier molecular flexibility index (Phi) is 5.21. The van der Waals surface area contributed by atoms with Crippen LogP contribution in [-0.2, 0) is 4.79 Å². The second-order valence-electron chi connectivity index (χ2n) is 6.83. The maximum Gasteiger partial charge on any atom is 0.266 e. The van der Waals surface area contributed by atoms with Crippen LogP contribution in [0.2, 0.25) is 5.02 Å². The minimum atomic E-state index is -0.479. The van der Waals surface area contributed by atoms with Gasteiger partial charge in [0.1, 0.15) is 11.6 Å². The highest BCUT2D eigenvalue weighted by Crippen LogP contribution is 2.35. The van der Waals surface area contributed by atoms with Gasteiger partial charge in [-0.1, -0.05) is 11.6 Å². The molecule has 1 aromatic heterocycles. The lowest BCUT2D eigenvalue weighted by Crippen LogP contribution is -2.13. The van der Waals surface area contributed by atoms with Crippen molar-refractivity contribution in [3.8, 4) is 23.3 Å². The van der Waals surface area contributed by atoms with Gasteiger partial charge in [-0.25, -0.2) is 0 Å². The smallest absolute Gasteiger partial charge is 0.266 e. The summed E-state index contributed by atoms with van der Waals surface area (Å²) in [5.74, 6) is 0.928. The van der Waals surface area contributed by atoms with Crippen LogP contribution >= 0.6 is 11.6 Å². The zero-order valence-electron chi connectivity index (χ0n) is 16.4. The lowest BCUT2D eigenvalue weighted by molar-refractivity contribution is -0.112. The second kappa shape index (κ2) is 7.97. The quantitative estimate of drug-likeness (QED) is 0.475. The van der Waals surface area contributed by atoms with Crippen molar-refractivity contribution in [2.24, 2.45) is 0 Å². The fourth-order valence-electron chi connectivity index (χ4n) is 3.39. The molecule has 0 atom stereocenters. The van der Waals surface area contributed by atoms with Gasteiger partial charge in [-0.2, -0.15) is 5.26 Å². The second-order valence-corrected chi connectivity index (χ2v) is 7.27. The molecule has 0 fully saturated rings. The number of nitriles is 1. The van der Waals surface area contributed by atoms with E-state index in [0.717, 1.165) is 22.6 Å². The number of benzene rings is 2. The number of fused-ring (bicyclic) bond motifs is 1. The first-order chi connectivity index (χ1) is 14.5. The first-order valence-electron chi connectivity index (χ1n) is 9.24. The van der Waals surface area contributed by atoms with Crippen molar-refractivity contribution in [2.45, 2.75) is 13.8 Å². The molecule has 1 amide bonds. The molecule has 0 aliphatic carbocycles. The van der Waals surface area contributed by atoms with Crippen LogP contribution in [0.3, 0.4) is 0 Å². The molecule has 150 valence electrons. The largest absolute Gasteiger partial charge is 0.454 e. The molecule has 4 rings (SSSR count). The molecule has 3 aromatic rings. The fourth-order valence-corrected chi connectivity index (χ4v) is 3.52. The van der Waals surface area contributed by atoms with E-state index in [1.807, 2.05) is 48.7 Å². The van der Waals surface area contributed by atoms with E-state index in [1.165, 1.54) is 0 Å². The van der Waals surface area contributed by atoms with Gasteiger partial charge in [0.05, 0.1) is 0 Å². The predicted molar refractivity (Wildman–Crippen MR) is 115 cm³/mol. The van der Waals surface area contributed by atoms with Crippen LogP contribution in [0.15, 0.2) is 54.1 Å². The molecule has 1 aliphatic rings. The van der Waals surface area contributed by atoms with Crippen LogP contribution in [-0.4, -0.2) is 17.3 Å². The van der Waals surface area contributed by atoms with E-state index < -0.39 is 5.91 Å². The van der Waals surface area contributed by atoms with Crippen molar-refractivity contribution in [1.82, 2.24) is 4.57 Å². The van der Waals surface area contributed by atoms with E-state index in [2.05, 4.69) is 5.32 Å². The van der Waals surface area contributed by atoms with Gasteiger partial charge in [-0.15, -0.1) is 0 Å². The van der Waals surface area contributed by atoms with Crippen molar-refractivity contribution in [2.75, 3.05) is 12.1 Å². The Bertz CT molecular complexity index is 1200. The number of hydrogen-bond donors (Lipinski definition) is 1. The van der Waals surface area contributed by atoms with Gasteiger partial charge in [0.15, 0.2) is 11.5 Å². The zero-order chi connectivity index (χ0) is 21.3. The number of carbonyl (C=O) groups is 1. The lowest BCUT2D eigenvalue weighted by atomic mass is 10.1. The average molecular weight is 420 g/mol. The Balaban J connectivity index is 1.64. The molecule has 0 unspecified atom stereocenters. The van der Waals surface area contributed by atoms with Crippen molar-refractivity contribution < 1.29 is 14.3 Å². The monoisotopic (exact) mass is 419 g/mol. The topological polar surface area (TPSA) is 76.3 Å². The highest BCUT2D eigenvalue weighted by molar-refractivity contribution is 6.30. The summed E-state index contributed by atoms with van der Waals surface area (Å²) in [5.41, 5.74) is 4.14. The van der Waals surface area contributed by atoms with E-state index in [1.54, 1.807) is 30.3 Å². The van der Waals surface area contributed by atoms with Crippen LogP contribution in [0.4, 0.5) is 5.69 Å². The Morgan fingerprint density at radius 2 is 1.87 bits per heavy atom. The molecule has 2 aromatic carbocycles. The van der Waals surface area contributed by atoms with Gasteiger partial charge in [0.2, 0.25) is 6.79 Å². The number of aryl methyl sites for hydroxylation is 1. The van der Waals surface area contributed by atoms with Gasteiger partial charge in [-0.3, -0.25) is 4.79 Å². The number of nitrogens with zero attached hydrogens (tertiary/aromatic N) is 2. The molecule has 1 aliphatic heterocycles.